The first-order chi connectivity index (χ1) is 15.4. The lowest BCUT2D eigenvalue weighted by molar-refractivity contribution is 0.0745. The van der Waals surface area contributed by atoms with Gasteiger partial charge in [-0.2, -0.15) is 5.10 Å². The average molecular weight is 453 g/mol. The van der Waals surface area contributed by atoms with Gasteiger partial charge in [-0.25, -0.2) is 14.6 Å². The first-order valence-electron chi connectivity index (χ1n) is 11.1. The van der Waals surface area contributed by atoms with Gasteiger partial charge in [0.2, 0.25) is 0 Å². The first-order valence-corrected chi connectivity index (χ1v) is 11.5. The summed E-state index contributed by atoms with van der Waals surface area (Å²) in [5.41, 5.74) is 3.38. The number of aryl methyl sites for hydroxylation is 1. The van der Waals surface area contributed by atoms with Gasteiger partial charge in [-0.05, 0) is 31.5 Å². The Morgan fingerprint density at radius 1 is 1.12 bits per heavy atom. The van der Waals surface area contributed by atoms with E-state index in [4.69, 9.17) is 16.6 Å². The van der Waals surface area contributed by atoms with Gasteiger partial charge in [-0.1, -0.05) is 38.4 Å². The van der Waals surface area contributed by atoms with Gasteiger partial charge < -0.3 is 9.80 Å². The molecule has 0 unspecified atom stereocenters. The number of carbonyl (C=O) groups is 1. The molecule has 0 spiro atoms. The summed E-state index contributed by atoms with van der Waals surface area (Å²) in [6.07, 6.45) is 2.38. The van der Waals surface area contributed by atoms with Crippen molar-refractivity contribution < 1.29 is 4.79 Å². The van der Waals surface area contributed by atoms with Crippen molar-refractivity contribution in [2.75, 3.05) is 31.1 Å². The van der Waals surface area contributed by atoms with E-state index in [0.717, 1.165) is 41.8 Å². The Morgan fingerprint density at radius 3 is 2.53 bits per heavy atom. The van der Waals surface area contributed by atoms with Crippen molar-refractivity contribution in [3.05, 3.63) is 64.3 Å². The minimum absolute atomic E-state index is 0.0246. The van der Waals surface area contributed by atoms with Crippen LogP contribution >= 0.6 is 11.6 Å². The van der Waals surface area contributed by atoms with Crippen LogP contribution in [-0.2, 0) is 6.42 Å². The van der Waals surface area contributed by atoms with Gasteiger partial charge in [0.1, 0.15) is 11.6 Å². The van der Waals surface area contributed by atoms with Crippen LogP contribution in [0, 0.1) is 6.92 Å². The number of amides is 1. The third-order valence-electron chi connectivity index (χ3n) is 5.75. The average Bonchev–Trinajstić information content (AvgIpc) is 3.22. The molecule has 1 saturated heterocycles. The number of hydrogen-bond donors (Lipinski definition) is 0. The van der Waals surface area contributed by atoms with Crippen molar-refractivity contribution in [2.24, 2.45) is 0 Å². The molecule has 1 aliphatic rings. The fourth-order valence-electron chi connectivity index (χ4n) is 4.03. The van der Waals surface area contributed by atoms with Crippen molar-refractivity contribution in [2.45, 2.75) is 40.0 Å². The summed E-state index contributed by atoms with van der Waals surface area (Å²) in [5.74, 6) is 2.10. The molecular weight excluding hydrogens is 424 g/mol. The second-order valence-electron chi connectivity index (χ2n) is 8.41. The molecule has 1 aromatic carbocycles. The minimum Gasteiger partial charge on any atom is -0.353 e. The summed E-state index contributed by atoms with van der Waals surface area (Å²) in [6.45, 7) is 11.0. The Balaban J connectivity index is 1.50. The maximum atomic E-state index is 13.3. The molecule has 168 valence electrons. The predicted molar refractivity (Wildman–Crippen MR) is 127 cm³/mol. The molecule has 3 heterocycles. The molecule has 0 atom stereocenters. The fraction of sp³-hybridized carbons (Fsp3) is 0.417. The van der Waals surface area contributed by atoms with Gasteiger partial charge in [-0.15, -0.1) is 0 Å². The molecule has 8 heteroatoms. The van der Waals surface area contributed by atoms with E-state index >= 15 is 0 Å². The SMILES string of the molecule is CCc1c(C(=O)N2CCN(c3cc(C)nc(C(C)C)n3)CC2)cnn1-c1cccc(Cl)c1. The quantitative estimate of drug-likeness (QED) is 0.578. The van der Waals surface area contributed by atoms with E-state index in [1.165, 1.54) is 0 Å². The van der Waals surface area contributed by atoms with E-state index in [9.17, 15) is 4.79 Å². The zero-order valence-electron chi connectivity index (χ0n) is 19.0. The van der Waals surface area contributed by atoms with Crippen LogP contribution in [0.4, 0.5) is 5.82 Å². The van der Waals surface area contributed by atoms with E-state index in [-0.39, 0.29) is 11.8 Å². The lowest BCUT2D eigenvalue weighted by Crippen LogP contribution is -2.49. The van der Waals surface area contributed by atoms with Gasteiger partial charge in [0.25, 0.3) is 5.91 Å². The fourth-order valence-corrected chi connectivity index (χ4v) is 4.21. The molecule has 2 aromatic heterocycles. The molecule has 7 nitrogen and oxygen atoms in total. The second kappa shape index (κ2) is 9.28. The Morgan fingerprint density at radius 2 is 1.88 bits per heavy atom. The van der Waals surface area contributed by atoms with E-state index in [2.05, 4.69) is 28.8 Å². The van der Waals surface area contributed by atoms with Crippen molar-refractivity contribution in [1.82, 2.24) is 24.6 Å². The molecule has 1 aliphatic heterocycles. The summed E-state index contributed by atoms with van der Waals surface area (Å²) < 4.78 is 1.81. The normalized spacial score (nSPS) is 14.3. The highest BCUT2D eigenvalue weighted by atomic mass is 35.5. The zero-order valence-corrected chi connectivity index (χ0v) is 19.8. The molecule has 3 aromatic rings. The van der Waals surface area contributed by atoms with Gasteiger partial charge in [0, 0.05) is 48.9 Å². The number of anilines is 1. The molecule has 0 aliphatic carbocycles. The highest BCUT2D eigenvalue weighted by Gasteiger charge is 2.27. The molecule has 0 saturated carbocycles. The highest BCUT2D eigenvalue weighted by molar-refractivity contribution is 6.30. The third-order valence-corrected chi connectivity index (χ3v) is 5.99. The summed E-state index contributed by atoms with van der Waals surface area (Å²) in [6, 6.07) is 9.54. The number of rotatable bonds is 5. The van der Waals surface area contributed by atoms with Crippen LogP contribution in [0.1, 0.15) is 54.3 Å². The lowest BCUT2D eigenvalue weighted by Gasteiger charge is -2.35. The highest BCUT2D eigenvalue weighted by Crippen LogP contribution is 2.22. The number of nitrogens with zero attached hydrogens (tertiary/aromatic N) is 6. The molecule has 32 heavy (non-hydrogen) atoms. The predicted octanol–water partition coefficient (Wildman–Crippen LogP) is 4.27. The summed E-state index contributed by atoms with van der Waals surface area (Å²) in [4.78, 5) is 26.8. The Kier molecular flexibility index (Phi) is 6.46. The summed E-state index contributed by atoms with van der Waals surface area (Å²) in [7, 11) is 0. The number of halogens is 1. The lowest BCUT2D eigenvalue weighted by atomic mass is 10.1. The Bertz CT molecular complexity index is 1120. The van der Waals surface area contributed by atoms with Crippen LogP contribution in [-0.4, -0.2) is 56.7 Å². The minimum atomic E-state index is 0.0246. The summed E-state index contributed by atoms with van der Waals surface area (Å²) >= 11 is 6.15. The van der Waals surface area contributed by atoms with Gasteiger partial charge in [0.05, 0.1) is 23.1 Å². The van der Waals surface area contributed by atoms with Crippen molar-refractivity contribution in [3.63, 3.8) is 0 Å². The maximum Gasteiger partial charge on any atom is 0.257 e. The van der Waals surface area contributed by atoms with Crippen LogP contribution in [0.25, 0.3) is 5.69 Å². The van der Waals surface area contributed by atoms with E-state index in [0.29, 0.717) is 30.1 Å². The Hall–Kier alpha value is -2.93. The molecule has 1 fully saturated rings. The second-order valence-corrected chi connectivity index (χ2v) is 8.85. The van der Waals surface area contributed by atoms with Crippen molar-refractivity contribution in [1.29, 1.82) is 0 Å². The Labute approximate surface area is 194 Å². The molecule has 4 rings (SSSR count). The third kappa shape index (κ3) is 4.48. The summed E-state index contributed by atoms with van der Waals surface area (Å²) in [5, 5.41) is 5.14. The van der Waals surface area contributed by atoms with E-state index in [1.807, 2.05) is 53.8 Å². The number of hydrogen-bond acceptors (Lipinski definition) is 5. The molecule has 0 radical (unpaired) electrons. The monoisotopic (exact) mass is 452 g/mol. The van der Waals surface area contributed by atoms with Crippen LogP contribution < -0.4 is 4.90 Å². The van der Waals surface area contributed by atoms with Crippen LogP contribution in [0.2, 0.25) is 5.02 Å². The van der Waals surface area contributed by atoms with Crippen LogP contribution in [0.3, 0.4) is 0 Å². The smallest absolute Gasteiger partial charge is 0.257 e. The maximum absolute atomic E-state index is 13.3. The zero-order chi connectivity index (χ0) is 22.8. The molecule has 0 N–H and O–H groups in total. The largest absolute Gasteiger partial charge is 0.353 e. The van der Waals surface area contributed by atoms with Crippen molar-refractivity contribution >= 4 is 23.3 Å². The van der Waals surface area contributed by atoms with Crippen LogP contribution in [0.5, 0.6) is 0 Å². The topological polar surface area (TPSA) is 67.2 Å². The van der Waals surface area contributed by atoms with E-state index < -0.39 is 0 Å². The number of carbonyl (C=O) groups excluding carboxylic acids is 1. The first kappa shape index (κ1) is 22.3. The van der Waals surface area contributed by atoms with Crippen molar-refractivity contribution in [3.8, 4) is 5.69 Å². The number of aromatic nitrogens is 4. The van der Waals surface area contributed by atoms with Gasteiger partial charge in [0.15, 0.2) is 0 Å². The van der Waals surface area contributed by atoms with Gasteiger partial charge in [-0.3, -0.25) is 4.79 Å². The van der Waals surface area contributed by atoms with E-state index in [1.54, 1.807) is 6.20 Å². The van der Waals surface area contributed by atoms with Crippen LogP contribution in [0.15, 0.2) is 36.5 Å². The molecule has 0 bridgehead atoms. The number of benzene rings is 1. The standard InChI is InChI=1S/C24H29ClN6O/c1-5-21-20(15-26-31(21)19-8-6-7-18(25)14-19)24(32)30-11-9-29(10-12-30)22-13-17(4)27-23(28-22)16(2)3/h6-8,13-16H,5,9-12H2,1-4H3. The van der Waals surface area contributed by atoms with Gasteiger partial charge >= 0.3 is 0 Å². The molecular formula is C24H29ClN6O. The molecule has 1 amide bonds. The number of piperazine rings is 1.